The molecule has 0 aromatic rings. The first-order valence-corrected chi connectivity index (χ1v) is 6.91. The van der Waals surface area contributed by atoms with Gasteiger partial charge in [0.15, 0.2) is 0 Å². The Morgan fingerprint density at radius 2 is 1.87 bits per heavy atom. The zero-order chi connectivity index (χ0) is 10.7. The van der Waals surface area contributed by atoms with Crippen molar-refractivity contribution in [2.75, 3.05) is 13.1 Å². The van der Waals surface area contributed by atoms with Gasteiger partial charge in [0.1, 0.15) is 0 Å². The van der Waals surface area contributed by atoms with Gasteiger partial charge >= 0.3 is 0 Å². The maximum Gasteiger partial charge on any atom is 0.000803 e. The summed E-state index contributed by atoms with van der Waals surface area (Å²) in [6.07, 6.45) is 10.6. The number of nitrogens with one attached hydrogen (secondary N) is 1. The van der Waals surface area contributed by atoms with E-state index in [0.29, 0.717) is 0 Å². The van der Waals surface area contributed by atoms with Gasteiger partial charge in [-0.25, -0.2) is 0 Å². The summed E-state index contributed by atoms with van der Waals surface area (Å²) in [5.41, 5.74) is 0.740. The van der Waals surface area contributed by atoms with Gasteiger partial charge in [0.2, 0.25) is 0 Å². The van der Waals surface area contributed by atoms with Gasteiger partial charge < -0.3 is 5.32 Å². The van der Waals surface area contributed by atoms with E-state index in [-0.39, 0.29) is 0 Å². The first-order valence-electron chi connectivity index (χ1n) is 6.91. The predicted molar refractivity (Wildman–Crippen MR) is 65.9 cm³/mol. The van der Waals surface area contributed by atoms with E-state index < -0.39 is 0 Å². The topological polar surface area (TPSA) is 12.0 Å². The molecule has 1 nitrogen and oxygen atoms in total. The summed E-state index contributed by atoms with van der Waals surface area (Å²) in [6, 6.07) is 0. The highest BCUT2D eigenvalue weighted by Gasteiger charge is 2.43. The van der Waals surface area contributed by atoms with Crippen LogP contribution in [0.15, 0.2) is 0 Å². The lowest BCUT2D eigenvalue weighted by atomic mass is 9.90. The molecule has 0 spiro atoms. The molecule has 1 N–H and O–H groups in total. The molecule has 0 heterocycles. The largest absolute Gasteiger partial charge is 0.316 e. The fourth-order valence-electron chi connectivity index (χ4n) is 3.08. The first-order chi connectivity index (χ1) is 7.20. The van der Waals surface area contributed by atoms with E-state index in [1.54, 1.807) is 0 Å². The Morgan fingerprint density at radius 1 is 1.20 bits per heavy atom. The van der Waals surface area contributed by atoms with Crippen LogP contribution in [0.1, 0.15) is 58.8 Å². The van der Waals surface area contributed by atoms with Gasteiger partial charge in [0.25, 0.3) is 0 Å². The number of hydrogen-bond donors (Lipinski definition) is 1. The zero-order valence-corrected chi connectivity index (χ0v) is 10.5. The normalized spacial score (nSPS) is 25.0. The summed E-state index contributed by atoms with van der Waals surface area (Å²) in [5, 5.41) is 3.66. The van der Waals surface area contributed by atoms with Crippen LogP contribution in [0.25, 0.3) is 0 Å². The first kappa shape index (κ1) is 11.4. The molecule has 0 amide bonds. The molecule has 0 unspecified atom stereocenters. The second-order valence-electron chi connectivity index (χ2n) is 6.38. The van der Waals surface area contributed by atoms with Crippen molar-refractivity contribution in [2.24, 2.45) is 17.3 Å². The van der Waals surface area contributed by atoms with Gasteiger partial charge in [-0.2, -0.15) is 0 Å². The average molecular weight is 209 g/mol. The smallest absolute Gasteiger partial charge is 0.000803 e. The third kappa shape index (κ3) is 3.48. The van der Waals surface area contributed by atoms with Crippen molar-refractivity contribution in [3.63, 3.8) is 0 Å². The summed E-state index contributed by atoms with van der Waals surface area (Å²) in [7, 11) is 0. The van der Waals surface area contributed by atoms with E-state index in [1.807, 2.05) is 0 Å². The molecule has 0 saturated heterocycles. The van der Waals surface area contributed by atoms with Crippen LogP contribution in [0.3, 0.4) is 0 Å². The van der Waals surface area contributed by atoms with Crippen molar-refractivity contribution in [2.45, 2.75) is 58.8 Å². The molecule has 2 aliphatic carbocycles. The SMILES string of the molecule is CC(C)CNCC1(CC2CCCC2)CC1. The van der Waals surface area contributed by atoms with Gasteiger partial charge in [-0.15, -0.1) is 0 Å². The highest BCUT2D eigenvalue weighted by molar-refractivity contribution is 4.96. The summed E-state index contributed by atoms with van der Waals surface area (Å²) in [5.74, 6) is 1.88. The molecule has 2 saturated carbocycles. The molecule has 88 valence electrons. The van der Waals surface area contributed by atoms with Crippen LogP contribution in [0, 0.1) is 17.3 Å². The highest BCUT2D eigenvalue weighted by atomic mass is 14.9. The van der Waals surface area contributed by atoms with Crippen LogP contribution >= 0.6 is 0 Å². The Balaban J connectivity index is 1.66. The molecule has 15 heavy (non-hydrogen) atoms. The molecule has 2 rings (SSSR count). The molecular weight excluding hydrogens is 182 g/mol. The lowest BCUT2D eigenvalue weighted by Crippen LogP contribution is -2.28. The molecule has 2 aliphatic rings. The predicted octanol–water partition coefficient (Wildman–Crippen LogP) is 3.59. The molecule has 0 radical (unpaired) electrons. The van der Waals surface area contributed by atoms with Crippen LogP contribution in [-0.4, -0.2) is 13.1 Å². The van der Waals surface area contributed by atoms with Crippen molar-refractivity contribution in [3.05, 3.63) is 0 Å². The Morgan fingerprint density at radius 3 is 2.40 bits per heavy atom. The second kappa shape index (κ2) is 4.86. The van der Waals surface area contributed by atoms with E-state index in [1.165, 1.54) is 58.0 Å². The summed E-state index contributed by atoms with van der Waals surface area (Å²) < 4.78 is 0. The van der Waals surface area contributed by atoms with Gasteiger partial charge in [-0.1, -0.05) is 39.5 Å². The van der Waals surface area contributed by atoms with Crippen LogP contribution in [0.2, 0.25) is 0 Å². The Hall–Kier alpha value is -0.0400. The van der Waals surface area contributed by atoms with Crippen molar-refractivity contribution in [3.8, 4) is 0 Å². The molecule has 0 aliphatic heterocycles. The lowest BCUT2D eigenvalue weighted by Gasteiger charge is -2.20. The maximum absolute atomic E-state index is 3.66. The maximum atomic E-state index is 3.66. The molecule has 0 atom stereocenters. The van der Waals surface area contributed by atoms with E-state index >= 15 is 0 Å². The quantitative estimate of drug-likeness (QED) is 0.705. The summed E-state index contributed by atoms with van der Waals surface area (Å²) in [6.45, 7) is 7.08. The third-order valence-corrected chi connectivity index (χ3v) is 4.21. The number of rotatable bonds is 6. The van der Waals surface area contributed by atoms with Crippen molar-refractivity contribution < 1.29 is 0 Å². The molecular formula is C14H27N. The minimum absolute atomic E-state index is 0.740. The van der Waals surface area contributed by atoms with Gasteiger partial charge in [-0.05, 0) is 43.1 Å². The molecule has 2 fully saturated rings. The van der Waals surface area contributed by atoms with Crippen LogP contribution < -0.4 is 5.32 Å². The molecule has 1 heteroatoms. The zero-order valence-electron chi connectivity index (χ0n) is 10.5. The Bertz CT molecular complexity index is 188. The van der Waals surface area contributed by atoms with Crippen LogP contribution in [0.5, 0.6) is 0 Å². The monoisotopic (exact) mass is 209 g/mol. The number of hydrogen-bond acceptors (Lipinski definition) is 1. The Labute approximate surface area is 95.0 Å². The minimum atomic E-state index is 0.740. The molecule has 0 bridgehead atoms. The average Bonchev–Trinajstić information content (AvgIpc) is 2.74. The molecule has 0 aromatic heterocycles. The third-order valence-electron chi connectivity index (χ3n) is 4.21. The minimum Gasteiger partial charge on any atom is -0.316 e. The molecule has 0 aromatic carbocycles. The van der Waals surface area contributed by atoms with E-state index in [4.69, 9.17) is 0 Å². The van der Waals surface area contributed by atoms with Crippen LogP contribution in [-0.2, 0) is 0 Å². The lowest BCUT2D eigenvalue weighted by molar-refractivity contribution is 0.334. The van der Waals surface area contributed by atoms with Crippen molar-refractivity contribution >= 4 is 0 Å². The van der Waals surface area contributed by atoms with Gasteiger partial charge in [0, 0.05) is 6.54 Å². The fraction of sp³-hybridized carbons (Fsp3) is 1.00. The van der Waals surface area contributed by atoms with Crippen molar-refractivity contribution in [1.82, 2.24) is 5.32 Å². The standard InChI is InChI=1S/C14H27N/c1-12(2)10-15-11-14(7-8-14)9-13-5-3-4-6-13/h12-13,15H,3-11H2,1-2H3. The van der Waals surface area contributed by atoms with Gasteiger partial charge in [0.05, 0.1) is 0 Å². The second-order valence-corrected chi connectivity index (χ2v) is 6.38. The van der Waals surface area contributed by atoms with E-state index in [0.717, 1.165) is 17.3 Å². The van der Waals surface area contributed by atoms with Gasteiger partial charge in [-0.3, -0.25) is 0 Å². The van der Waals surface area contributed by atoms with E-state index in [9.17, 15) is 0 Å². The van der Waals surface area contributed by atoms with Crippen molar-refractivity contribution in [1.29, 1.82) is 0 Å². The Kier molecular flexibility index (Phi) is 3.71. The highest BCUT2D eigenvalue weighted by Crippen LogP contribution is 2.52. The van der Waals surface area contributed by atoms with Crippen LogP contribution in [0.4, 0.5) is 0 Å². The summed E-state index contributed by atoms with van der Waals surface area (Å²) >= 11 is 0. The van der Waals surface area contributed by atoms with E-state index in [2.05, 4.69) is 19.2 Å². The fourth-order valence-corrected chi connectivity index (χ4v) is 3.08. The summed E-state index contributed by atoms with van der Waals surface area (Å²) in [4.78, 5) is 0.